The molecule has 0 unspecified atom stereocenters. The second-order valence-electron chi connectivity index (χ2n) is 7.86. The van der Waals surface area contributed by atoms with Crippen molar-refractivity contribution in [3.8, 4) is 0 Å². The van der Waals surface area contributed by atoms with Crippen molar-refractivity contribution in [1.82, 2.24) is 10.2 Å². The monoisotopic (exact) mass is 513 g/mol. The van der Waals surface area contributed by atoms with Crippen LogP contribution in [0, 0.1) is 13.8 Å². The number of aryl methyl sites for hydroxylation is 2. The van der Waals surface area contributed by atoms with Crippen LogP contribution in [0.5, 0.6) is 0 Å². The van der Waals surface area contributed by atoms with Crippen molar-refractivity contribution in [3.05, 3.63) is 63.1 Å². The first-order chi connectivity index (χ1) is 15.4. The molecule has 2 rings (SSSR count). The van der Waals surface area contributed by atoms with Gasteiger partial charge in [-0.3, -0.25) is 13.9 Å². The summed E-state index contributed by atoms with van der Waals surface area (Å²) in [7, 11) is -2.30. The summed E-state index contributed by atoms with van der Waals surface area (Å²) in [4.78, 5) is 27.5. The molecule has 0 aromatic heterocycles. The van der Waals surface area contributed by atoms with E-state index in [1.165, 1.54) is 11.9 Å². The van der Waals surface area contributed by atoms with E-state index in [2.05, 4.69) is 5.32 Å². The van der Waals surface area contributed by atoms with E-state index in [1.54, 1.807) is 44.2 Å². The molecule has 0 aliphatic rings. The average molecular weight is 514 g/mol. The number of hydrogen-bond acceptors (Lipinski definition) is 4. The van der Waals surface area contributed by atoms with Gasteiger partial charge in [0.15, 0.2) is 0 Å². The third kappa shape index (κ3) is 6.85. The van der Waals surface area contributed by atoms with Gasteiger partial charge in [0.1, 0.15) is 12.6 Å². The van der Waals surface area contributed by atoms with Crippen molar-refractivity contribution in [2.45, 2.75) is 39.8 Å². The SMILES string of the molecule is CC[C@@H](C(=O)NC)N(Cc1ccc(Cl)cc1Cl)C(=O)CN(c1cc(C)ccc1C)S(C)(=O)=O. The predicted molar refractivity (Wildman–Crippen MR) is 133 cm³/mol. The zero-order valence-electron chi connectivity index (χ0n) is 19.4. The first-order valence-corrected chi connectivity index (χ1v) is 13.0. The molecule has 0 fully saturated rings. The number of carbonyl (C=O) groups is 2. The Hall–Kier alpha value is -2.29. The van der Waals surface area contributed by atoms with Crippen molar-refractivity contribution in [3.63, 3.8) is 0 Å². The van der Waals surface area contributed by atoms with Crippen LogP contribution in [-0.2, 0) is 26.2 Å². The molecule has 0 saturated heterocycles. The number of benzene rings is 2. The molecule has 33 heavy (non-hydrogen) atoms. The molecule has 0 spiro atoms. The van der Waals surface area contributed by atoms with E-state index in [9.17, 15) is 18.0 Å². The summed E-state index contributed by atoms with van der Waals surface area (Å²) in [6, 6.07) is 9.47. The topological polar surface area (TPSA) is 86.8 Å². The lowest BCUT2D eigenvalue weighted by atomic mass is 10.1. The van der Waals surface area contributed by atoms with Crippen molar-refractivity contribution in [1.29, 1.82) is 0 Å². The largest absolute Gasteiger partial charge is 0.357 e. The van der Waals surface area contributed by atoms with E-state index >= 15 is 0 Å². The molecule has 2 aromatic carbocycles. The van der Waals surface area contributed by atoms with Crippen LogP contribution in [0.25, 0.3) is 0 Å². The number of rotatable bonds is 9. The molecule has 0 saturated carbocycles. The summed E-state index contributed by atoms with van der Waals surface area (Å²) in [6.07, 6.45) is 1.39. The fourth-order valence-electron chi connectivity index (χ4n) is 3.50. The summed E-state index contributed by atoms with van der Waals surface area (Å²) >= 11 is 12.3. The van der Waals surface area contributed by atoms with Crippen molar-refractivity contribution in [2.75, 3.05) is 24.2 Å². The van der Waals surface area contributed by atoms with Crippen LogP contribution in [0.4, 0.5) is 5.69 Å². The minimum Gasteiger partial charge on any atom is -0.357 e. The molecule has 2 amide bonds. The molecule has 10 heteroatoms. The van der Waals surface area contributed by atoms with Gasteiger partial charge in [-0.1, -0.05) is 48.3 Å². The average Bonchev–Trinajstić information content (AvgIpc) is 2.74. The molecule has 180 valence electrons. The summed E-state index contributed by atoms with van der Waals surface area (Å²) in [5.41, 5.74) is 2.58. The molecule has 1 atom stereocenters. The highest BCUT2D eigenvalue weighted by Crippen LogP contribution is 2.26. The Morgan fingerprint density at radius 3 is 2.30 bits per heavy atom. The quantitative estimate of drug-likeness (QED) is 0.550. The Morgan fingerprint density at radius 2 is 1.76 bits per heavy atom. The number of halogens is 2. The Bertz CT molecular complexity index is 1140. The highest BCUT2D eigenvalue weighted by molar-refractivity contribution is 7.92. The number of nitrogens with one attached hydrogen (secondary N) is 1. The Kier molecular flexibility index (Phi) is 9.17. The summed E-state index contributed by atoms with van der Waals surface area (Å²) in [6.45, 7) is 4.97. The lowest BCUT2D eigenvalue weighted by Gasteiger charge is -2.33. The number of sulfonamides is 1. The maximum Gasteiger partial charge on any atom is 0.244 e. The van der Waals surface area contributed by atoms with Crippen molar-refractivity contribution < 1.29 is 18.0 Å². The van der Waals surface area contributed by atoms with Gasteiger partial charge in [0.05, 0.1) is 11.9 Å². The van der Waals surface area contributed by atoms with Crippen LogP contribution in [0.1, 0.15) is 30.0 Å². The standard InChI is InChI=1S/C23H29Cl2N3O4S/c1-6-20(23(30)26-4)27(13-17-9-10-18(24)12-19(17)25)22(29)14-28(33(5,31)32)21-11-15(2)7-8-16(21)3/h7-12,20H,6,13-14H2,1-5H3,(H,26,30)/t20-/m0/s1. The van der Waals surface area contributed by atoms with E-state index < -0.39 is 28.5 Å². The maximum absolute atomic E-state index is 13.5. The second kappa shape index (κ2) is 11.2. The minimum atomic E-state index is -3.79. The zero-order chi connectivity index (χ0) is 24.9. The summed E-state index contributed by atoms with van der Waals surface area (Å²) < 4.78 is 26.4. The number of anilines is 1. The minimum absolute atomic E-state index is 0.0190. The molecule has 0 radical (unpaired) electrons. The van der Waals surface area contributed by atoms with Gasteiger partial charge in [0.2, 0.25) is 21.8 Å². The van der Waals surface area contributed by atoms with Crippen LogP contribution in [-0.4, -0.2) is 51.0 Å². The lowest BCUT2D eigenvalue weighted by Crippen LogP contribution is -2.51. The third-order valence-corrected chi connectivity index (χ3v) is 7.01. The Balaban J connectivity index is 2.51. The molecule has 0 aliphatic heterocycles. The molecule has 0 bridgehead atoms. The number of hydrogen-bond donors (Lipinski definition) is 1. The molecule has 1 N–H and O–H groups in total. The van der Waals surface area contributed by atoms with Gasteiger partial charge in [-0.15, -0.1) is 0 Å². The number of amides is 2. The van der Waals surface area contributed by atoms with Gasteiger partial charge in [-0.2, -0.15) is 0 Å². The van der Waals surface area contributed by atoms with E-state index in [4.69, 9.17) is 23.2 Å². The fourth-order valence-corrected chi connectivity index (χ4v) is 4.87. The molecule has 2 aromatic rings. The number of likely N-dealkylation sites (N-methyl/N-ethyl adjacent to an activating group) is 1. The van der Waals surface area contributed by atoms with Crippen LogP contribution in [0.15, 0.2) is 36.4 Å². The van der Waals surface area contributed by atoms with E-state index in [-0.39, 0.29) is 12.5 Å². The fraction of sp³-hybridized carbons (Fsp3) is 0.391. The summed E-state index contributed by atoms with van der Waals surface area (Å²) in [5.74, 6) is -0.878. The Morgan fingerprint density at radius 1 is 1.09 bits per heavy atom. The number of carbonyl (C=O) groups excluding carboxylic acids is 2. The zero-order valence-corrected chi connectivity index (χ0v) is 21.7. The highest BCUT2D eigenvalue weighted by Gasteiger charge is 2.32. The Labute approximate surface area is 205 Å². The van der Waals surface area contributed by atoms with Crippen LogP contribution < -0.4 is 9.62 Å². The van der Waals surface area contributed by atoms with E-state index in [1.807, 2.05) is 13.0 Å². The van der Waals surface area contributed by atoms with Gasteiger partial charge in [-0.05, 0) is 55.2 Å². The van der Waals surface area contributed by atoms with Crippen LogP contribution >= 0.6 is 23.2 Å². The van der Waals surface area contributed by atoms with Gasteiger partial charge in [0.25, 0.3) is 0 Å². The smallest absolute Gasteiger partial charge is 0.244 e. The van der Waals surface area contributed by atoms with Crippen molar-refractivity contribution >= 4 is 50.7 Å². The third-order valence-electron chi connectivity index (χ3n) is 5.30. The second-order valence-corrected chi connectivity index (χ2v) is 10.6. The van der Waals surface area contributed by atoms with Crippen molar-refractivity contribution in [2.24, 2.45) is 0 Å². The number of nitrogens with zero attached hydrogens (tertiary/aromatic N) is 2. The first-order valence-electron chi connectivity index (χ1n) is 10.4. The maximum atomic E-state index is 13.5. The van der Waals surface area contributed by atoms with Gasteiger partial charge >= 0.3 is 0 Å². The predicted octanol–water partition coefficient (Wildman–Crippen LogP) is 3.93. The lowest BCUT2D eigenvalue weighted by molar-refractivity contribution is -0.140. The van der Waals surface area contributed by atoms with Gasteiger partial charge < -0.3 is 10.2 Å². The van der Waals surface area contributed by atoms with Gasteiger partial charge in [0, 0.05) is 23.6 Å². The van der Waals surface area contributed by atoms with Crippen LogP contribution in [0.2, 0.25) is 10.0 Å². The van der Waals surface area contributed by atoms with Crippen LogP contribution in [0.3, 0.4) is 0 Å². The van der Waals surface area contributed by atoms with Gasteiger partial charge in [-0.25, -0.2) is 8.42 Å². The molecular weight excluding hydrogens is 485 g/mol. The molecule has 7 nitrogen and oxygen atoms in total. The summed E-state index contributed by atoms with van der Waals surface area (Å²) in [5, 5.41) is 3.37. The molecule has 0 aliphatic carbocycles. The molecule has 0 heterocycles. The first kappa shape index (κ1) is 27.0. The molecular formula is C23H29Cl2N3O4S. The normalized spacial score (nSPS) is 12.2. The van der Waals surface area contributed by atoms with E-state index in [0.29, 0.717) is 33.3 Å². The van der Waals surface area contributed by atoms with E-state index in [0.717, 1.165) is 16.1 Å². The highest BCUT2D eigenvalue weighted by atomic mass is 35.5.